The molecular weight excluding hydrogens is 116 g/mol. The van der Waals surface area contributed by atoms with Crippen LogP contribution in [0.5, 0.6) is 0 Å². The van der Waals surface area contributed by atoms with Gasteiger partial charge in [0.05, 0.1) is 0 Å². The van der Waals surface area contributed by atoms with Crippen molar-refractivity contribution in [1.82, 2.24) is 10.9 Å². The first-order chi connectivity index (χ1) is 4.50. The maximum Gasteiger partial charge on any atom is 0.00997 e. The lowest BCUT2D eigenvalue weighted by Crippen LogP contribution is -2.30. The van der Waals surface area contributed by atoms with Crippen LogP contribution in [0.15, 0.2) is 0 Å². The smallest absolute Gasteiger partial charge is 0.00997 e. The van der Waals surface area contributed by atoms with Crippen LogP contribution in [0.3, 0.4) is 0 Å². The Balaban J connectivity index is 0.000000291. The Morgan fingerprint density at radius 3 is 1.67 bits per heavy atom. The summed E-state index contributed by atoms with van der Waals surface area (Å²) in [6.45, 7) is 2.28. The molecule has 0 bridgehead atoms. The van der Waals surface area contributed by atoms with E-state index in [-0.39, 0.29) is 0 Å². The summed E-state index contributed by atoms with van der Waals surface area (Å²) < 4.78 is 0. The molecule has 1 aliphatic heterocycles. The van der Waals surface area contributed by atoms with E-state index in [1.54, 1.807) is 0 Å². The molecule has 6 N–H and O–H groups in total. The van der Waals surface area contributed by atoms with Gasteiger partial charge in [-0.25, -0.2) is 0 Å². The van der Waals surface area contributed by atoms with E-state index >= 15 is 0 Å². The van der Waals surface area contributed by atoms with Gasteiger partial charge in [-0.15, -0.1) is 0 Å². The van der Waals surface area contributed by atoms with Crippen molar-refractivity contribution in [1.29, 1.82) is 0 Å². The highest BCUT2D eigenvalue weighted by Crippen LogP contribution is 1.93. The van der Waals surface area contributed by atoms with Crippen molar-refractivity contribution in [2.24, 2.45) is 11.7 Å². The average Bonchev–Trinajstić information content (AvgIpc) is 2.21. The van der Waals surface area contributed by atoms with Crippen molar-refractivity contribution >= 4 is 0 Å². The summed E-state index contributed by atoms with van der Waals surface area (Å²) in [4.78, 5) is 0. The quantitative estimate of drug-likeness (QED) is 0.254. The molecule has 56 valence electrons. The molecule has 0 saturated carbocycles. The van der Waals surface area contributed by atoms with Gasteiger partial charge in [0.1, 0.15) is 0 Å². The van der Waals surface area contributed by atoms with E-state index in [2.05, 4.69) is 22.5 Å². The van der Waals surface area contributed by atoms with Crippen molar-refractivity contribution in [2.45, 2.75) is 19.3 Å². The molecule has 0 unspecified atom stereocenters. The van der Waals surface area contributed by atoms with Gasteiger partial charge in [0.15, 0.2) is 0 Å². The topological polar surface area (TPSA) is 76.1 Å². The SMILES string of the molecule is C1CCNNCC1.NN. The zero-order valence-corrected chi connectivity index (χ0v) is 5.69. The van der Waals surface area contributed by atoms with E-state index in [9.17, 15) is 0 Å². The number of nitrogens with one attached hydrogen (secondary N) is 2. The van der Waals surface area contributed by atoms with E-state index in [1.807, 2.05) is 0 Å². The summed E-state index contributed by atoms with van der Waals surface area (Å²) in [5, 5.41) is 0. The Hall–Kier alpha value is -0.160. The highest BCUT2D eigenvalue weighted by molar-refractivity contribution is 4.51. The predicted molar refractivity (Wildman–Crippen MR) is 38.2 cm³/mol. The van der Waals surface area contributed by atoms with Crippen LogP contribution in [0, 0.1) is 0 Å². The van der Waals surface area contributed by atoms with Crippen LogP contribution in [0.1, 0.15) is 19.3 Å². The van der Waals surface area contributed by atoms with E-state index < -0.39 is 0 Å². The Morgan fingerprint density at radius 1 is 0.778 bits per heavy atom. The van der Waals surface area contributed by atoms with Gasteiger partial charge >= 0.3 is 0 Å². The lowest BCUT2D eigenvalue weighted by Gasteiger charge is -1.95. The molecule has 0 aromatic carbocycles. The van der Waals surface area contributed by atoms with Gasteiger partial charge in [0.2, 0.25) is 0 Å². The maximum absolute atomic E-state index is 4.00. The van der Waals surface area contributed by atoms with Gasteiger partial charge in [0.25, 0.3) is 0 Å². The molecule has 0 aromatic rings. The molecule has 0 radical (unpaired) electrons. The van der Waals surface area contributed by atoms with Gasteiger partial charge in [-0.1, -0.05) is 6.42 Å². The molecule has 4 heteroatoms. The van der Waals surface area contributed by atoms with Gasteiger partial charge in [-0.05, 0) is 12.8 Å². The molecule has 0 spiro atoms. The van der Waals surface area contributed by atoms with Crippen LogP contribution in [-0.2, 0) is 0 Å². The highest BCUT2D eigenvalue weighted by Gasteiger charge is 1.92. The molecule has 0 atom stereocenters. The van der Waals surface area contributed by atoms with Gasteiger partial charge in [-0.2, -0.15) is 0 Å². The average molecular weight is 132 g/mol. The molecule has 1 heterocycles. The second-order valence-electron chi connectivity index (χ2n) is 1.91. The van der Waals surface area contributed by atoms with Crippen LogP contribution in [-0.4, -0.2) is 13.1 Å². The molecule has 9 heavy (non-hydrogen) atoms. The largest absolute Gasteiger partial charge is 0.274 e. The second kappa shape index (κ2) is 7.84. The van der Waals surface area contributed by atoms with Crippen molar-refractivity contribution in [3.05, 3.63) is 0 Å². The third-order valence-electron chi connectivity index (χ3n) is 1.23. The van der Waals surface area contributed by atoms with Gasteiger partial charge < -0.3 is 0 Å². The summed E-state index contributed by atoms with van der Waals surface area (Å²) >= 11 is 0. The summed E-state index contributed by atoms with van der Waals surface area (Å²) in [5.74, 6) is 8.00. The first-order valence-corrected chi connectivity index (χ1v) is 3.29. The summed E-state index contributed by atoms with van der Waals surface area (Å²) in [5.41, 5.74) is 6.19. The van der Waals surface area contributed by atoms with Gasteiger partial charge in [-0.3, -0.25) is 22.5 Å². The number of hydrogen-bond acceptors (Lipinski definition) is 4. The number of hydrogen-bond donors (Lipinski definition) is 4. The van der Waals surface area contributed by atoms with Crippen LogP contribution < -0.4 is 22.5 Å². The highest BCUT2D eigenvalue weighted by atomic mass is 15.3. The minimum Gasteiger partial charge on any atom is -0.274 e. The van der Waals surface area contributed by atoms with Crippen molar-refractivity contribution in [3.8, 4) is 0 Å². The molecule has 0 amide bonds. The monoisotopic (exact) mass is 132 g/mol. The van der Waals surface area contributed by atoms with Crippen LogP contribution >= 0.6 is 0 Å². The minimum atomic E-state index is 1.14. The third kappa shape index (κ3) is 5.72. The number of nitrogens with two attached hydrogens (primary N) is 2. The molecule has 0 aromatic heterocycles. The zero-order chi connectivity index (χ0) is 6.95. The summed E-state index contributed by atoms with van der Waals surface area (Å²) in [6.07, 6.45) is 4.03. The lowest BCUT2D eigenvalue weighted by atomic mass is 10.2. The van der Waals surface area contributed by atoms with Crippen LogP contribution in [0.2, 0.25) is 0 Å². The number of rotatable bonds is 0. The normalized spacial score (nSPS) is 19.3. The molecule has 4 nitrogen and oxygen atoms in total. The van der Waals surface area contributed by atoms with E-state index in [0.717, 1.165) is 13.1 Å². The van der Waals surface area contributed by atoms with E-state index in [4.69, 9.17) is 0 Å². The van der Waals surface area contributed by atoms with Crippen molar-refractivity contribution < 1.29 is 0 Å². The van der Waals surface area contributed by atoms with Crippen LogP contribution in [0.25, 0.3) is 0 Å². The number of hydrazine groups is 2. The van der Waals surface area contributed by atoms with Gasteiger partial charge in [0, 0.05) is 13.1 Å². The van der Waals surface area contributed by atoms with Crippen molar-refractivity contribution in [2.75, 3.05) is 13.1 Å². The molecule has 0 aliphatic carbocycles. The molecule has 1 rings (SSSR count). The Bertz CT molecular complexity index is 28.6. The molecular formula is C5H16N4. The fraction of sp³-hybridized carbons (Fsp3) is 1.00. The fourth-order valence-electron chi connectivity index (χ4n) is 0.780. The zero-order valence-electron chi connectivity index (χ0n) is 5.69. The predicted octanol–water partition coefficient (Wildman–Crippen LogP) is -0.917. The van der Waals surface area contributed by atoms with E-state index in [1.165, 1.54) is 19.3 Å². The molecule has 1 fully saturated rings. The standard InChI is InChI=1S/C5H12N2.H4N2/c1-2-4-6-7-5-3-1;1-2/h6-7H,1-5H2;1-2H2. The van der Waals surface area contributed by atoms with E-state index in [0.29, 0.717) is 0 Å². The van der Waals surface area contributed by atoms with Crippen molar-refractivity contribution in [3.63, 3.8) is 0 Å². The molecule has 1 aliphatic rings. The Labute approximate surface area is 55.9 Å². The Morgan fingerprint density at radius 2 is 1.22 bits per heavy atom. The summed E-state index contributed by atoms with van der Waals surface area (Å²) in [6, 6.07) is 0. The second-order valence-corrected chi connectivity index (χ2v) is 1.91. The molecule has 1 saturated heterocycles. The fourth-order valence-corrected chi connectivity index (χ4v) is 0.780. The van der Waals surface area contributed by atoms with Crippen LogP contribution in [0.4, 0.5) is 0 Å². The first kappa shape index (κ1) is 8.84. The minimum absolute atomic E-state index is 1.14. The Kier molecular flexibility index (Phi) is 7.70. The summed E-state index contributed by atoms with van der Waals surface area (Å²) in [7, 11) is 0. The lowest BCUT2D eigenvalue weighted by molar-refractivity contribution is 0.573. The first-order valence-electron chi connectivity index (χ1n) is 3.29. The third-order valence-corrected chi connectivity index (χ3v) is 1.23. The maximum atomic E-state index is 4.00.